The maximum atomic E-state index is 11.6. The molecule has 1 unspecified atom stereocenters. The molecule has 5 nitrogen and oxygen atoms in total. The normalized spacial score (nSPS) is 33.5. The molecule has 1 amide bonds. The summed E-state index contributed by atoms with van der Waals surface area (Å²) in [5.74, 6) is -0.359. The molecule has 17 heavy (non-hydrogen) atoms. The lowest BCUT2D eigenvalue weighted by molar-refractivity contribution is -0.121. The van der Waals surface area contributed by atoms with Crippen LogP contribution in [-0.2, 0) is 4.79 Å². The minimum Gasteiger partial charge on any atom is -0.375 e. The number of carbonyl (C=O) groups is 1. The van der Waals surface area contributed by atoms with Crippen LogP contribution in [-0.4, -0.2) is 49.5 Å². The minimum absolute atomic E-state index is 0.359. The van der Waals surface area contributed by atoms with E-state index in [1.54, 1.807) is 12.3 Å². The van der Waals surface area contributed by atoms with Crippen LogP contribution >= 0.6 is 0 Å². The number of likely N-dealkylation sites (N-methyl/N-ethyl adjacent to an activating group) is 1. The van der Waals surface area contributed by atoms with Crippen molar-refractivity contribution in [1.82, 2.24) is 20.9 Å². The molecule has 0 radical (unpaired) electrons. The second-order valence-corrected chi connectivity index (χ2v) is 4.34. The molecular weight excluding hydrogens is 216 g/mol. The van der Waals surface area contributed by atoms with E-state index in [1.807, 2.05) is 6.08 Å². The van der Waals surface area contributed by atoms with Crippen molar-refractivity contribution in [3.63, 3.8) is 0 Å². The Labute approximate surface area is 103 Å². The molecule has 2 rings (SSSR count). The fourth-order valence-corrected chi connectivity index (χ4v) is 2.06. The van der Waals surface area contributed by atoms with Crippen molar-refractivity contribution in [1.29, 1.82) is 0 Å². The summed E-state index contributed by atoms with van der Waals surface area (Å²) in [5.41, 5.74) is 1.02. The van der Waals surface area contributed by atoms with Gasteiger partial charge in [0.25, 0.3) is 0 Å². The third-order valence-electron chi connectivity index (χ3n) is 3.00. The molecular formula is C12H20N4O. The summed E-state index contributed by atoms with van der Waals surface area (Å²) in [5, 5.41) is 8.72. The minimum atomic E-state index is -1.39. The highest BCUT2D eigenvalue weighted by atomic mass is 16.2. The highest BCUT2D eigenvalue weighted by molar-refractivity contribution is 5.84. The summed E-state index contributed by atoms with van der Waals surface area (Å²) in [7, 11) is 1.53. The first-order chi connectivity index (χ1) is 8.55. The molecule has 0 aromatic carbocycles. The summed E-state index contributed by atoms with van der Waals surface area (Å²) in [6.45, 7) is 4.97. The Hall–Kier alpha value is -1.49. The smallest absolute Gasteiger partial charge is 0.246 e. The van der Waals surface area contributed by atoms with Gasteiger partial charge in [0.1, 0.15) is 6.02 Å². The Balaban J connectivity index is 2.03. The van der Waals surface area contributed by atoms with Gasteiger partial charge in [-0.1, -0.05) is 6.08 Å². The van der Waals surface area contributed by atoms with E-state index in [0.29, 0.717) is 6.04 Å². The van der Waals surface area contributed by atoms with Crippen molar-refractivity contribution in [3.05, 3.63) is 24.0 Å². The Kier molecular flexibility index (Phi) is 3.27. The first kappa shape index (κ1) is 10.7. The quantitative estimate of drug-likeness (QED) is 0.600. The molecule has 0 saturated carbocycles. The maximum Gasteiger partial charge on any atom is 0.246 e. The molecule has 0 aromatic heterocycles. The number of nitrogens with zero attached hydrogens (tertiary/aromatic N) is 1. The number of hydrogen-bond donors (Lipinski definition) is 3. The van der Waals surface area contributed by atoms with Gasteiger partial charge in [0.2, 0.25) is 5.91 Å². The van der Waals surface area contributed by atoms with Crippen molar-refractivity contribution in [2.75, 3.05) is 26.7 Å². The summed E-state index contributed by atoms with van der Waals surface area (Å²) in [6.07, 6.45) is 5.19. The van der Waals surface area contributed by atoms with Gasteiger partial charge >= 0.3 is 0 Å². The molecule has 1 fully saturated rings. The van der Waals surface area contributed by atoms with Crippen molar-refractivity contribution >= 4 is 5.91 Å². The maximum absolute atomic E-state index is 11.6. The SMILES string of the molecule is [2H][C@@]1(C(=O)NC)C=CC(N2CCNC(C)C2)=CN1. The van der Waals surface area contributed by atoms with Crippen LogP contribution in [0.4, 0.5) is 0 Å². The molecule has 2 heterocycles. The molecule has 0 aromatic rings. The number of nitrogens with one attached hydrogen (secondary N) is 3. The highest BCUT2D eigenvalue weighted by Crippen LogP contribution is 2.12. The molecule has 0 bridgehead atoms. The zero-order valence-electron chi connectivity index (χ0n) is 11.3. The molecule has 1 saturated heterocycles. The van der Waals surface area contributed by atoms with Crippen LogP contribution in [0.25, 0.3) is 0 Å². The van der Waals surface area contributed by atoms with E-state index in [2.05, 4.69) is 27.8 Å². The Morgan fingerprint density at radius 1 is 1.71 bits per heavy atom. The average molecular weight is 237 g/mol. The molecule has 2 aliphatic heterocycles. The van der Waals surface area contributed by atoms with Gasteiger partial charge in [-0.25, -0.2) is 0 Å². The van der Waals surface area contributed by atoms with Crippen LogP contribution in [0, 0.1) is 0 Å². The van der Waals surface area contributed by atoms with E-state index in [1.165, 1.54) is 7.05 Å². The molecule has 0 aliphatic carbocycles. The van der Waals surface area contributed by atoms with Gasteiger partial charge in [-0.05, 0) is 13.0 Å². The van der Waals surface area contributed by atoms with E-state index in [-0.39, 0.29) is 5.91 Å². The third-order valence-corrected chi connectivity index (χ3v) is 3.00. The second-order valence-electron chi connectivity index (χ2n) is 4.34. The molecule has 2 aliphatic rings. The summed E-state index contributed by atoms with van der Waals surface area (Å²) in [6, 6.07) is -0.938. The van der Waals surface area contributed by atoms with Crippen molar-refractivity contribution in [2.45, 2.75) is 19.0 Å². The largest absolute Gasteiger partial charge is 0.375 e. The lowest BCUT2D eigenvalue weighted by Gasteiger charge is -2.35. The number of carbonyl (C=O) groups excluding carboxylic acids is 1. The fraction of sp³-hybridized carbons (Fsp3) is 0.583. The number of rotatable bonds is 2. The number of allylic oxidation sites excluding steroid dienone is 1. The first-order valence-electron chi connectivity index (χ1n) is 6.43. The van der Waals surface area contributed by atoms with Gasteiger partial charge in [-0.3, -0.25) is 4.79 Å². The Morgan fingerprint density at radius 2 is 2.53 bits per heavy atom. The third kappa shape index (κ3) is 2.79. The summed E-state index contributed by atoms with van der Waals surface area (Å²) in [4.78, 5) is 13.8. The molecule has 94 valence electrons. The van der Waals surface area contributed by atoms with Gasteiger partial charge in [0, 0.05) is 38.9 Å². The van der Waals surface area contributed by atoms with E-state index in [0.717, 1.165) is 25.3 Å². The number of hydrogen-bond acceptors (Lipinski definition) is 4. The Bertz CT molecular complexity index is 396. The molecule has 0 spiro atoms. The molecule has 3 N–H and O–H groups in total. The first-order valence-corrected chi connectivity index (χ1v) is 5.93. The van der Waals surface area contributed by atoms with Crippen molar-refractivity contribution < 1.29 is 6.17 Å². The van der Waals surface area contributed by atoms with E-state index in [4.69, 9.17) is 1.37 Å². The van der Waals surface area contributed by atoms with Crippen LogP contribution in [0.5, 0.6) is 0 Å². The highest BCUT2D eigenvalue weighted by Gasteiger charge is 2.20. The number of piperazine rings is 1. The number of dihydropyridines is 1. The Morgan fingerprint density at radius 3 is 3.12 bits per heavy atom. The van der Waals surface area contributed by atoms with Gasteiger partial charge in [0.05, 0.1) is 7.07 Å². The lowest BCUT2D eigenvalue weighted by Crippen LogP contribution is -2.49. The average Bonchev–Trinajstić information content (AvgIpc) is 2.38. The lowest BCUT2D eigenvalue weighted by atomic mass is 10.1. The van der Waals surface area contributed by atoms with Gasteiger partial charge in [-0.2, -0.15) is 0 Å². The number of amides is 1. The van der Waals surface area contributed by atoms with Crippen molar-refractivity contribution in [2.24, 2.45) is 0 Å². The van der Waals surface area contributed by atoms with E-state index < -0.39 is 6.02 Å². The zero-order valence-corrected chi connectivity index (χ0v) is 10.3. The predicted molar refractivity (Wildman–Crippen MR) is 67.3 cm³/mol. The van der Waals surface area contributed by atoms with Crippen LogP contribution in [0.2, 0.25) is 0 Å². The van der Waals surface area contributed by atoms with Crippen LogP contribution < -0.4 is 16.0 Å². The van der Waals surface area contributed by atoms with E-state index >= 15 is 0 Å². The standard InChI is InChI=1S/C12H20N4O/c1-9-8-16(6-5-14-9)10-3-4-11(15-7-10)12(17)13-2/h3-4,7,9,11,14-15H,5-6,8H2,1-2H3,(H,13,17)/t9?,11-/m0/s1/i11D. The summed E-state index contributed by atoms with van der Waals surface area (Å²) < 4.78 is 7.98. The fourth-order valence-electron chi connectivity index (χ4n) is 2.06. The second kappa shape index (κ2) is 5.23. The van der Waals surface area contributed by atoms with Crippen LogP contribution in [0.1, 0.15) is 8.29 Å². The topological polar surface area (TPSA) is 56.4 Å². The van der Waals surface area contributed by atoms with Gasteiger partial charge < -0.3 is 20.9 Å². The molecule has 2 atom stereocenters. The van der Waals surface area contributed by atoms with Crippen molar-refractivity contribution in [3.8, 4) is 0 Å². The predicted octanol–water partition coefficient (Wildman–Crippen LogP) is -0.604. The van der Waals surface area contributed by atoms with Gasteiger partial charge in [-0.15, -0.1) is 0 Å². The summed E-state index contributed by atoms with van der Waals surface area (Å²) >= 11 is 0. The van der Waals surface area contributed by atoms with Crippen LogP contribution in [0.3, 0.4) is 0 Å². The zero-order chi connectivity index (χ0) is 13.2. The van der Waals surface area contributed by atoms with E-state index in [9.17, 15) is 4.79 Å². The van der Waals surface area contributed by atoms with Gasteiger partial charge in [0.15, 0.2) is 0 Å². The van der Waals surface area contributed by atoms with Crippen LogP contribution in [0.15, 0.2) is 24.0 Å². The monoisotopic (exact) mass is 237 g/mol. The molecule has 5 heteroatoms.